The molecule has 0 aliphatic carbocycles. The SMILES string of the molecule is CCC(Cl)SC(=O)Cl. The largest absolute Gasteiger partial charge is 0.280 e. The third kappa shape index (κ3) is 4.75. The summed E-state index contributed by atoms with van der Waals surface area (Å²) in [6.45, 7) is 1.89. The number of carbonyl (C=O) groups is 1. The molecule has 48 valence electrons. The van der Waals surface area contributed by atoms with Crippen molar-refractivity contribution in [2.75, 3.05) is 0 Å². The maximum Gasteiger partial charge on any atom is 0.280 e. The second-order valence-corrected chi connectivity index (χ2v) is 3.70. The van der Waals surface area contributed by atoms with E-state index in [1.165, 1.54) is 0 Å². The number of thioether (sulfide) groups is 1. The molecule has 0 amide bonds. The molecule has 0 aliphatic rings. The fourth-order valence-corrected chi connectivity index (χ4v) is 1.25. The maximum absolute atomic E-state index is 10.1. The maximum atomic E-state index is 10.1. The smallest absolute Gasteiger partial charge is 0.268 e. The molecular weight excluding hydrogens is 167 g/mol. The molecule has 0 saturated carbocycles. The van der Waals surface area contributed by atoms with Gasteiger partial charge in [-0.2, -0.15) is 0 Å². The molecule has 0 aromatic rings. The van der Waals surface area contributed by atoms with Gasteiger partial charge in [-0.15, -0.1) is 11.6 Å². The average molecular weight is 173 g/mol. The summed E-state index contributed by atoms with van der Waals surface area (Å²) in [5, 5.41) is 0. The molecule has 0 radical (unpaired) electrons. The van der Waals surface area contributed by atoms with Gasteiger partial charge in [0, 0.05) is 0 Å². The number of carbonyl (C=O) groups excluding carboxylic acids is 1. The zero-order valence-electron chi connectivity index (χ0n) is 4.36. The monoisotopic (exact) mass is 172 g/mol. The van der Waals surface area contributed by atoms with E-state index < -0.39 is 4.57 Å². The van der Waals surface area contributed by atoms with E-state index in [-0.39, 0.29) is 4.71 Å². The van der Waals surface area contributed by atoms with Crippen molar-refractivity contribution in [2.45, 2.75) is 18.1 Å². The van der Waals surface area contributed by atoms with Crippen LogP contribution in [0.4, 0.5) is 4.79 Å². The molecule has 0 bridgehead atoms. The molecule has 1 atom stereocenters. The van der Waals surface area contributed by atoms with Crippen LogP contribution in [0.2, 0.25) is 0 Å². The van der Waals surface area contributed by atoms with Crippen LogP contribution < -0.4 is 0 Å². The van der Waals surface area contributed by atoms with E-state index in [0.29, 0.717) is 0 Å². The molecule has 0 heterocycles. The van der Waals surface area contributed by atoms with E-state index in [4.69, 9.17) is 23.2 Å². The molecule has 4 heteroatoms. The lowest BCUT2D eigenvalue weighted by atomic mass is 10.6. The zero-order chi connectivity index (χ0) is 6.57. The minimum absolute atomic E-state index is 0.167. The number of hydrogen-bond donors (Lipinski definition) is 0. The van der Waals surface area contributed by atoms with Crippen LogP contribution >= 0.6 is 35.0 Å². The molecule has 0 N–H and O–H groups in total. The number of rotatable bonds is 2. The zero-order valence-corrected chi connectivity index (χ0v) is 6.69. The van der Waals surface area contributed by atoms with Crippen molar-refractivity contribution in [3.8, 4) is 0 Å². The van der Waals surface area contributed by atoms with Gasteiger partial charge in [0.05, 0.1) is 4.71 Å². The van der Waals surface area contributed by atoms with Crippen molar-refractivity contribution in [1.29, 1.82) is 0 Å². The first kappa shape index (κ1) is 8.60. The van der Waals surface area contributed by atoms with Crippen molar-refractivity contribution in [1.82, 2.24) is 0 Å². The van der Waals surface area contributed by atoms with E-state index in [1.54, 1.807) is 0 Å². The highest BCUT2D eigenvalue weighted by atomic mass is 35.5. The lowest BCUT2D eigenvalue weighted by Gasteiger charge is -1.97. The Bertz CT molecular complexity index is 86.1. The molecule has 0 aromatic carbocycles. The summed E-state index contributed by atoms with van der Waals surface area (Å²) in [7, 11) is 0. The van der Waals surface area contributed by atoms with Crippen molar-refractivity contribution in [2.24, 2.45) is 0 Å². The molecule has 0 rings (SSSR count). The summed E-state index contributed by atoms with van der Waals surface area (Å²) in [5.41, 5.74) is 0. The first-order valence-corrected chi connectivity index (χ1v) is 3.86. The van der Waals surface area contributed by atoms with Crippen LogP contribution in [-0.2, 0) is 0 Å². The molecule has 0 spiro atoms. The van der Waals surface area contributed by atoms with E-state index in [1.807, 2.05) is 6.92 Å². The quantitative estimate of drug-likeness (QED) is 0.471. The highest BCUT2D eigenvalue weighted by Gasteiger charge is 2.05. The second kappa shape index (κ2) is 4.48. The summed E-state index contributed by atoms with van der Waals surface area (Å²) < 4.78 is -0.605. The van der Waals surface area contributed by atoms with E-state index >= 15 is 0 Å². The fraction of sp³-hybridized carbons (Fsp3) is 0.750. The number of halogens is 2. The van der Waals surface area contributed by atoms with Crippen molar-refractivity contribution in [3.05, 3.63) is 0 Å². The van der Waals surface area contributed by atoms with Crippen LogP contribution in [0.5, 0.6) is 0 Å². The van der Waals surface area contributed by atoms with Crippen LogP contribution in [0.1, 0.15) is 13.3 Å². The standard InChI is InChI=1S/C4H6Cl2OS/c1-2-3(5)8-4(6)7/h3H,2H2,1H3. The number of alkyl halides is 1. The number of hydrogen-bond acceptors (Lipinski definition) is 2. The predicted octanol–water partition coefficient (Wildman–Crippen LogP) is 3.05. The lowest BCUT2D eigenvalue weighted by molar-refractivity contribution is 0.276. The minimum atomic E-state index is -0.438. The molecule has 1 nitrogen and oxygen atoms in total. The fourth-order valence-electron chi connectivity index (χ4n) is 0.184. The summed E-state index contributed by atoms with van der Waals surface area (Å²) >= 11 is 11.5. The van der Waals surface area contributed by atoms with E-state index in [0.717, 1.165) is 18.2 Å². The van der Waals surface area contributed by atoms with Crippen LogP contribution in [0, 0.1) is 0 Å². The van der Waals surface area contributed by atoms with Crippen molar-refractivity contribution < 1.29 is 4.79 Å². The van der Waals surface area contributed by atoms with E-state index in [9.17, 15) is 4.79 Å². The summed E-state index contributed by atoms with van der Waals surface area (Å²) in [5.74, 6) is 0. The Morgan fingerprint density at radius 3 is 2.50 bits per heavy atom. The predicted molar refractivity (Wildman–Crippen MR) is 38.8 cm³/mol. The molecule has 1 unspecified atom stereocenters. The van der Waals surface area contributed by atoms with Gasteiger partial charge in [0.2, 0.25) is 0 Å². The Balaban J connectivity index is 3.24. The van der Waals surface area contributed by atoms with Crippen molar-refractivity contribution in [3.63, 3.8) is 0 Å². The Labute approximate surface area is 62.7 Å². The normalized spacial score (nSPS) is 13.4. The van der Waals surface area contributed by atoms with Crippen LogP contribution in [0.3, 0.4) is 0 Å². The Morgan fingerprint density at radius 2 is 2.38 bits per heavy atom. The Morgan fingerprint density at radius 1 is 1.88 bits per heavy atom. The highest BCUT2D eigenvalue weighted by Crippen LogP contribution is 2.21. The molecule has 0 fully saturated rings. The van der Waals surface area contributed by atoms with E-state index in [2.05, 4.69) is 0 Å². The van der Waals surface area contributed by atoms with Gasteiger partial charge in [0.1, 0.15) is 0 Å². The molecule has 8 heavy (non-hydrogen) atoms. The van der Waals surface area contributed by atoms with Gasteiger partial charge >= 0.3 is 0 Å². The second-order valence-electron chi connectivity index (χ2n) is 1.17. The van der Waals surface area contributed by atoms with Gasteiger partial charge in [-0.1, -0.05) is 18.7 Å². The highest BCUT2D eigenvalue weighted by molar-refractivity contribution is 8.17. The summed E-state index contributed by atoms with van der Waals surface area (Å²) in [4.78, 5) is 10.1. The molecule has 0 aromatic heterocycles. The lowest BCUT2D eigenvalue weighted by Crippen LogP contribution is -1.89. The van der Waals surface area contributed by atoms with Gasteiger partial charge < -0.3 is 0 Å². The first-order chi connectivity index (χ1) is 3.66. The molecule has 0 aliphatic heterocycles. The van der Waals surface area contributed by atoms with Gasteiger partial charge in [0.15, 0.2) is 0 Å². The third-order valence-corrected chi connectivity index (χ3v) is 2.16. The minimum Gasteiger partial charge on any atom is -0.268 e. The Kier molecular flexibility index (Phi) is 4.81. The molecule has 0 saturated heterocycles. The molecular formula is C4H6Cl2OS. The van der Waals surface area contributed by atoms with Gasteiger partial charge in [-0.05, 0) is 18.0 Å². The van der Waals surface area contributed by atoms with Crippen LogP contribution in [0.15, 0.2) is 0 Å². The summed E-state index contributed by atoms with van der Waals surface area (Å²) in [6, 6.07) is 0. The third-order valence-electron chi connectivity index (χ3n) is 0.542. The Hall–Kier alpha value is 0.600. The van der Waals surface area contributed by atoms with Crippen molar-refractivity contribution >= 4 is 39.5 Å². The average Bonchev–Trinajstić information content (AvgIpc) is 1.65. The van der Waals surface area contributed by atoms with Crippen LogP contribution in [0.25, 0.3) is 0 Å². The van der Waals surface area contributed by atoms with Crippen LogP contribution in [-0.4, -0.2) is 9.28 Å². The first-order valence-electron chi connectivity index (χ1n) is 2.17. The van der Waals surface area contributed by atoms with Gasteiger partial charge in [0.25, 0.3) is 4.57 Å². The summed E-state index contributed by atoms with van der Waals surface area (Å²) in [6.07, 6.45) is 0.755. The van der Waals surface area contributed by atoms with Gasteiger partial charge in [-0.3, -0.25) is 4.79 Å². The topological polar surface area (TPSA) is 17.1 Å². The van der Waals surface area contributed by atoms with Gasteiger partial charge in [-0.25, -0.2) is 0 Å².